The van der Waals surface area contributed by atoms with Gasteiger partial charge < -0.3 is 15.5 Å². The van der Waals surface area contributed by atoms with E-state index in [0.29, 0.717) is 13.1 Å². The Balaban J connectivity index is 1.62. The summed E-state index contributed by atoms with van der Waals surface area (Å²) >= 11 is 3.37. The molecule has 2 aromatic rings. The fourth-order valence-electron chi connectivity index (χ4n) is 2.21. The minimum atomic E-state index is -0.178. The number of pyridine rings is 1. The number of nitrogen functional groups attached to an aromatic ring is 1. The summed E-state index contributed by atoms with van der Waals surface area (Å²) in [5.41, 5.74) is 5.41. The Morgan fingerprint density at radius 2 is 2.05 bits per heavy atom. The van der Waals surface area contributed by atoms with Crippen molar-refractivity contribution in [1.82, 2.24) is 25.1 Å². The van der Waals surface area contributed by atoms with Crippen LogP contribution in [0.15, 0.2) is 22.8 Å². The van der Waals surface area contributed by atoms with Gasteiger partial charge in [-0.1, -0.05) is 0 Å². The molecule has 0 aromatic carbocycles. The van der Waals surface area contributed by atoms with Crippen LogP contribution in [-0.4, -0.2) is 57.2 Å². The summed E-state index contributed by atoms with van der Waals surface area (Å²) in [4.78, 5) is 24.3. The van der Waals surface area contributed by atoms with Crippen molar-refractivity contribution in [3.63, 3.8) is 0 Å². The number of hydrogen-bond donors (Lipinski definition) is 2. The van der Waals surface area contributed by atoms with Crippen molar-refractivity contribution < 1.29 is 4.79 Å². The van der Waals surface area contributed by atoms with Crippen LogP contribution in [0.5, 0.6) is 0 Å². The van der Waals surface area contributed by atoms with Crippen LogP contribution in [0.1, 0.15) is 10.6 Å². The highest BCUT2D eigenvalue weighted by atomic mass is 79.9. The van der Waals surface area contributed by atoms with Gasteiger partial charge in [0.2, 0.25) is 11.8 Å². The third-order valence-corrected chi connectivity index (χ3v) is 3.78. The fraction of sp³-hybridized carbons (Fsp3) is 0.333. The molecule has 0 atom stereocenters. The van der Waals surface area contributed by atoms with Gasteiger partial charge in [0.25, 0.3) is 5.91 Å². The highest BCUT2D eigenvalue weighted by Gasteiger charge is 2.24. The zero-order chi connectivity index (χ0) is 14.8. The average Bonchev–Trinajstić information content (AvgIpc) is 2.94. The molecule has 1 aliphatic rings. The standard InChI is InChI=1S/C12H14BrN7O/c13-8-1-2-9(15-7-8)19-3-5-20(6-4-19)11(21)10-16-12(14)18-17-10/h1-2,7H,3-6H2,(H3,14,16,17,18). The molecule has 110 valence electrons. The molecule has 1 aliphatic heterocycles. The van der Waals surface area contributed by atoms with Crippen molar-refractivity contribution in [2.75, 3.05) is 36.8 Å². The molecule has 0 bridgehead atoms. The third kappa shape index (κ3) is 2.97. The summed E-state index contributed by atoms with van der Waals surface area (Å²) in [6, 6.07) is 3.91. The van der Waals surface area contributed by atoms with Crippen molar-refractivity contribution in [2.24, 2.45) is 0 Å². The number of carbonyl (C=O) groups excluding carboxylic acids is 1. The van der Waals surface area contributed by atoms with Crippen molar-refractivity contribution in [3.8, 4) is 0 Å². The van der Waals surface area contributed by atoms with E-state index in [4.69, 9.17) is 5.73 Å². The second kappa shape index (κ2) is 5.68. The molecule has 8 nitrogen and oxygen atoms in total. The molecule has 9 heteroatoms. The Morgan fingerprint density at radius 3 is 2.62 bits per heavy atom. The summed E-state index contributed by atoms with van der Waals surface area (Å²) in [5, 5.41) is 6.22. The highest BCUT2D eigenvalue weighted by molar-refractivity contribution is 9.10. The Bertz CT molecular complexity index is 633. The second-order valence-corrected chi connectivity index (χ2v) is 5.57. The summed E-state index contributed by atoms with van der Waals surface area (Å²) in [7, 11) is 0. The van der Waals surface area contributed by atoms with E-state index in [-0.39, 0.29) is 17.7 Å². The van der Waals surface area contributed by atoms with Crippen LogP contribution >= 0.6 is 15.9 Å². The first-order valence-corrected chi connectivity index (χ1v) is 7.26. The Morgan fingerprint density at radius 1 is 1.29 bits per heavy atom. The zero-order valence-electron chi connectivity index (χ0n) is 11.2. The number of piperazine rings is 1. The van der Waals surface area contributed by atoms with Gasteiger partial charge >= 0.3 is 0 Å². The van der Waals surface area contributed by atoms with Gasteiger partial charge in [-0.2, -0.15) is 4.98 Å². The van der Waals surface area contributed by atoms with Gasteiger partial charge in [-0.05, 0) is 28.1 Å². The lowest BCUT2D eigenvalue weighted by Gasteiger charge is -2.34. The molecule has 0 saturated carbocycles. The Labute approximate surface area is 129 Å². The topological polar surface area (TPSA) is 104 Å². The molecule has 1 amide bonds. The van der Waals surface area contributed by atoms with Crippen LogP contribution in [-0.2, 0) is 0 Å². The lowest BCUT2D eigenvalue weighted by Crippen LogP contribution is -2.49. The first kappa shape index (κ1) is 13.8. The second-order valence-electron chi connectivity index (χ2n) is 4.66. The number of H-pyrrole nitrogens is 1. The molecule has 21 heavy (non-hydrogen) atoms. The van der Waals surface area contributed by atoms with Crippen LogP contribution in [0, 0.1) is 0 Å². The number of halogens is 1. The zero-order valence-corrected chi connectivity index (χ0v) is 12.7. The van der Waals surface area contributed by atoms with Gasteiger partial charge in [-0.3, -0.25) is 9.89 Å². The highest BCUT2D eigenvalue weighted by Crippen LogP contribution is 2.17. The maximum absolute atomic E-state index is 12.2. The third-order valence-electron chi connectivity index (χ3n) is 3.31. The molecule has 3 rings (SSSR count). The molecule has 3 heterocycles. The minimum absolute atomic E-state index is 0.0797. The normalized spacial score (nSPS) is 15.3. The van der Waals surface area contributed by atoms with E-state index in [1.165, 1.54) is 0 Å². The molecule has 3 N–H and O–H groups in total. The van der Waals surface area contributed by atoms with Crippen molar-refractivity contribution in [1.29, 1.82) is 0 Å². The molecular weight excluding hydrogens is 338 g/mol. The van der Waals surface area contributed by atoms with E-state index in [2.05, 4.69) is 41.0 Å². The number of amides is 1. The number of anilines is 2. The lowest BCUT2D eigenvalue weighted by molar-refractivity contribution is 0.0734. The minimum Gasteiger partial charge on any atom is -0.366 e. The summed E-state index contributed by atoms with van der Waals surface area (Å²) < 4.78 is 0.947. The SMILES string of the molecule is Nc1n[nH]c(C(=O)N2CCN(c3ccc(Br)cn3)CC2)n1. The van der Waals surface area contributed by atoms with Gasteiger partial charge in [0.15, 0.2) is 0 Å². The number of rotatable bonds is 2. The summed E-state index contributed by atoms with van der Waals surface area (Å²) in [6.07, 6.45) is 1.77. The van der Waals surface area contributed by atoms with E-state index >= 15 is 0 Å². The predicted octanol–water partition coefficient (Wildman–Crippen LogP) is 0.507. The van der Waals surface area contributed by atoms with E-state index in [9.17, 15) is 4.79 Å². The van der Waals surface area contributed by atoms with Crippen molar-refractivity contribution in [2.45, 2.75) is 0 Å². The number of nitrogens with two attached hydrogens (primary N) is 1. The fourth-order valence-corrected chi connectivity index (χ4v) is 2.45. The van der Waals surface area contributed by atoms with Gasteiger partial charge in [0.05, 0.1) is 0 Å². The number of hydrogen-bond acceptors (Lipinski definition) is 6. The molecule has 0 spiro atoms. The number of nitrogens with one attached hydrogen (secondary N) is 1. The molecular formula is C12H14BrN7O. The van der Waals surface area contributed by atoms with Gasteiger partial charge in [-0.15, -0.1) is 5.10 Å². The monoisotopic (exact) mass is 351 g/mol. The number of nitrogens with zero attached hydrogens (tertiary/aromatic N) is 5. The molecule has 0 unspecified atom stereocenters. The number of aromatic amines is 1. The maximum atomic E-state index is 12.2. The van der Waals surface area contributed by atoms with E-state index in [1.807, 2.05) is 12.1 Å². The quantitative estimate of drug-likeness (QED) is 0.816. The van der Waals surface area contributed by atoms with Crippen molar-refractivity contribution in [3.05, 3.63) is 28.6 Å². The van der Waals surface area contributed by atoms with Crippen LogP contribution in [0.3, 0.4) is 0 Å². The Hall–Kier alpha value is -2.16. The van der Waals surface area contributed by atoms with Crippen LogP contribution < -0.4 is 10.6 Å². The molecule has 0 aliphatic carbocycles. The van der Waals surface area contributed by atoms with Crippen molar-refractivity contribution >= 4 is 33.6 Å². The molecule has 1 fully saturated rings. The first-order valence-electron chi connectivity index (χ1n) is 6.47. The number of carbonyl (C=O) groups is 1. The molecule has 2 aromatic heterocycles. The molecule has 1 saturated heterocycles. The van der Waals surface area contributed by atoms with Crippen LogP contribution in [0.4, 0.5) is 11.8 Å². The summed E-state index contributed by atoms with van der Waals surface area (Å²) in [6.45, 7) is 2.67. The average molecular weight is 352 g/mol. The van der Waals surface area contributed by atoms with E-state index in [1.54, 1.807) is 11.1 Å². The summed E-state index contributed by atoms with van der Waals surface area (Å²) in [5.74, 6) is 0.996. The largest absolute Gasteiger partial charge is 0.366 e. The smallest absolute Gasteiger partial charge is 0.291 e. The molecule has 0 radical (unpaired) electrons. The Kier molecular flexibility index (Phi) is 3.74. The first-order chi connectivity index (χ1) is 10.1. The lowest BCUT2D eigenvalue weighted by atomic mass is 10.3. The van der Waals surface area contributed by atoms with Gasteiger partial charge in [-0.25, -0.2) is 4.98 Å². The van der Waals surface area contributed by atoms with E-state index in [0.717, 1.165) is 23.4 Å². The van der Waals surface area contributed by atoms with Gasteiger partial charge in [0.1, 0.15) is 5.82 Å². The van der Waals surface area contributed by atoms with E-state index < -0.39 is 0 Å². The maximum Gasteiger partial charge on any atom is 0.291 e. The number of aromatic nitrogens is 4. The van der Waals surface area contributed by atoms with Gasteiger partial charge in [0, 0.05) is 36.8 Å². The van der Waals surface area contributed by atoms with Crippen LogP contribution in [0.25, 0.3) is 0 Å². The predicted molar refractivity (Wildman–Crippen MR) is 80.8 cm³/mol. The van der Waals surface area contributed by atoms with Crippen LogP contribution in [0.2, 0.25) is 0 Å².